The fourth-order valence-corrected chi connectivity index (χ4v) is 6.14. The first kappa shape index (κ1) is 28.1. The molecule has 0 aliphatic carbocycles. The van der Waals surface area contributed by atoms with E-state index in [0.717, 1.165) is 47.0 Å². The van der Waals surface area contributed by atoms with Crippen LogP contribution >= 0.6 is 0 Å². The van der Waals surface area contributed by atoms with Crippen molar-refractivity contribution in [2.75, 3.05) is 0 Å². The Morgan fingerprint density at radius 2 is 1.74 bits per heavy atom. The maximum atomic E-state index is 14.5. The monoisotopic (exact) mass is 565 g/mol. The predicted octanol–water partition coefficient (Wildman–Crippen LogP) is 4.05. The van der Waals surface area contributed by atoms with Crippen molar-refractivity contribution in [1.29, 1.82) is 5.26 Å². The molecule has 1 aromatic heterocycles. The van der Waals surface area contributed by atoms with Gasteiger partial charge < -0.3 is 5.32 Å². The van der Waals surface area contributed by atoms with Crippen LogP contribution in [0.15, 0.2) is 59.8 Å². The van der Waals surface area contributed by atoms with Crippen LogP contribution in [0.1, 0.15) is 24.7 Å². The van der Waals surface area contributed by atoms with E-state index in [1.165, 1.54) is 19.1 Å². The van der Waals surface area contributed by atoms with Crippen LogP contribution in [0.4, 0.5) is 22.0 Å². The molecule has 1 aliphatic rings. The number of hydrogen-bond donors (Lipinski definition) is 1. The zero-order valence-electron chi connectivity index (χ0n) is 20.2. The van der Waals surface area contributed by atoms with Crippen molar-refractivity contribution in [2.45, 2.75) is 43.0 Å². The number of aromatic nitrogens is 2. The first-order valence-electron chi connectivity index (χ1n) is 11.5. The molecule has 204 valence electrons. The number of sulfonamides is 1. The molecule has 2 heterocycles. The minimum Gasteiger partial charge on any atom is -0.351 e. The number of alkyl halides is 3. The Labute approximate surface area is 220 Å². The fraction of sp³-hybridized carbons (Fsp3) is 0.280. The summed E-state index contributed by atoms with van der Waals surface area (Å²) >= 11 is 0. The van der Waals surface area contributed by atoms with Crippen molar-refractivity contribution in [2.24, 2.45) is 5.92 Å². The topological polar surface area (TPSA) is 116 Å². The highest BCUT2D eigenvalue weighted by molar-refractivity contribution is 7.89. The Kier molecular flexibility index (Phi) is 7.67. The van der Waals surface area contributed by atoms with Crippen LogP contribution in [-0.4, -0.2) is 40.7 Å². The molecule has 2 aromatic carbocycles. The van der Waals surface area contributed by atoms with Gasteiger partial charge in [-0.25, -0.2) is 27.2 Å². The van der Waals surface area contributed by atoms with Gasteiger partial charge >= 0.3 is 6.18 Å². The minimum atomic E-state index is -4.73. The second kappa shape index (κ2) is 10.7. The lowest BCUT2D eigenvalue weighted by Gasteiger charge is -2.27. The highest BCUT2D eigenvalue weighted by Gasteiger charge is 2.49. The first-order valence-corrected chi connectivity index (χ1v) is 12.9. The fourth-order valence-electron chi connectivity index (χ4n) is 4.31. The molecule has 1 amide bonds. The average Bonchev–Trinajstić information content (AvgIpc) is 3.25. The van der Waals surface area contributed by atoms with Gasteiger partial charge in [0.2, 0.25) is 21.8 Å². The molecular formula is C25H20F5N5O3S. The number of benzene rings is 2. The van der Waals surface area contributed by atoms with Gasteiger partial charge in [-0.1, -0.05) is 6.07 Å². The van der Waals surface area contributed by atoms with E-state index in [-0.39, 0.29) is 34.6 Å². The van der Waals surface area contributed by atoms with Gasteiger partial charge in [0.1, 0.15) is 17.7 Å². The number of amides is 1. The summed E-state index contributed by atoms with van der Waals surface area (Å²) in [6, 6.07) is 7.51. The van der Waals surface area contributed by atoms with Crippen LogP contribution in [0.3, 0.4) is 0 Å². The lowest BCUT2D eigenvalue weighted by molar-refractivity contribution is -0.145. The Balaban J connectivity index is 1.55. The Morgan fingerprint density at radius 3 is 2.33 bits per heavy atom. The number of nitrogens with zero attached hydrogens (tertiary/aromatic N) is 4. The Morgan fingerprint density at radius 1 is 1.10 bits per heavy atom. The van der Waals surface area contributed by atoms with E-state index < -0.39 is 57.6 Å². The van der Waals surface area contributed by atoms with Crippen molar-refractivity contribution >= 4 is 15.9 Å². The summed E-state index contributed by atoms with van der Waals surface area (Å²) in [5, 5.41) is 12.0. The van der Waals surface area contributed by atoms with Crippen molar-refractivity contribution in [3.63, 3.8) is 0 Å². The number of rotatable bonds is 6. The smallest absolute Gasteiger partial charge is 0.351 e. The summed E-state index contributed by atoms with van der Waals surface area (Å²) in [6.45, 7) is 1.10. The molecule has 0 saturated carbocycles. The van der Waals surface area contributed by atoms with E-state index in [0.29, 0.717) is 0 Å². The molecule has 14 heteroatoms. The van der Waals surface area contributed by atoms with Crippen molar-refractivity contribution < 1.29 is 35.2 Å². The second-order valence-corrected chi connectivity index (χ2v) is 10.7. The van der Waals surface area contributed by atoms with Crippen molar-refractivity contribution in [3.05, 3.63) is 77.9 Å². The molecule has 1 N–H and O–H groups in total. The van der Waals surface area contributed by atoms with Crippen LogP contribution in [0, 0.1) is 28.9 Å². The van der Waals surface area contributed by atoms with Gasteiger partial charge in [-0.2, -0.15) is 22.7 Å². The first-order chi connectivity index (χ1) is 18.3. The molecule has 1 saturated heterocycles. The third kappa shape index (κ3) is 5.74. The van der Waals surface area contributed by atoms with E-state index in [9.17, 15) is 40.4 Å². The SMILES string of the molecule is C[C@H]1C(C#N)C[C@@H](C(=O)NCc2cc(-c3cnc(C(F)(F)F)nc3)ccc2F)N1S(=O)(=O)c1ccc(F)cc1. The molecule has 1 aliphatic heterocycles. The summed E-state index contributed by atoms with van der Waals surface area (Å²) in [5.74, 6) is -4.30. The minimum absolute atomic E-state index is 0.0310. The van der Waals surface area contributed by atoms with Gasteiger partial charge in [-0.05, 0) is 55.3 Å². The normalized spacial score (nSPS) is 20.0. The van der Waals surface area contributed by atoms with Crippen LogP contribution in [-0.2, 0) is 27.5 Å². The summed E-state index contributed by atoms with van der Waals surface area (Å²) in [5.41, 5.74) is 0.430. The van der Waals surface area contributed by atoms with Crippen LogP contribution < -0.4 is 5.32 Å². The predicted molar refractivity (Wildman–Crippen MR) is 127 cm³/mol. The van der Waals surface area contributed by atoms with Crippen LogP contribution in [0.2, 0.25) is 0 Å². The highest BCUT2D eigenvalue weighted by Crippen LogP contribution is 2.35. The number of halogens is 5. The van der Waals surface area contributed by atoms with E-state index in [2.05, 4.69) is 15.3 Å². The molecule has 8 nitrogen and oxygen atoms in total. The average molecular weight is 566 g/mol. The molecule has 4 rings (SSSR count). The molecule has 1 fully saturated rings. The maximum Gasteiger partial charge on any atom is 0.451 e. The molecule has 3 atom stereocenters. The summed E-state index contributed by atoms with van der Waals surface area (Å²) < 4.78 is 93.6. The standard InChI is InChI=1S/C25H20F5N5O3S/c1-14-16(10-31)9-22(35(14)39(37,38)20-5-3-19(26)4-6-20)23(36)32-11-17-8-15(2-7-21(17)27)18-12-33-24(34-13-18)25(28,29)30/h2-8,12-14,16,22H,9,11H2,1H3,(H,32,36)/t14-,16?,22-/m0/s1. The molecule has 0 spiro atoms. The van der Waals surface area contributed by atoms with Gasteiger partial charge in [0.05, 0.1) is 16.9 Å². The van der Waals surface area contributed by atoms with Gasteiger partial charge in [-0.3, -0.25) is 4.79 Å². The summed E-state index contributed by atoms with van der Waals surface area (Å²) in [4.78, 5) is 19.4. The molecular weight excluding hydrogens is 545 g/mol. The van der Waals surface area contributed by atoms with E-state index >= 15 is 0 Å². The lowest BCUT2D eigenvalue weighted by Crippen LogP contribution is -2.48. The third-order valence-corrected chi connectivity index (χ3v) is 8.37. The summed E-state index contributed by atoms with van der Waals surface area (Å²) in [7, 11) is -4.30. The quantitative estimate of drug-likeness (QED) is 0.451. The Hall–Kier alpha value is -3.96. The number of carbonyl (C=O) groups is 1. The molecule has 0 radical (unpaired) electrons. The second-order valence-electron chi connectivity index (χ2n) is 8.83. The van der Waals surface area contributed by atoms with E-state index in [4.69, 9.17) is 0 Å². The lowest BCUT2D eigenvalue weighted by atomic mass is 10.0. The molecule has 3 aromatic rings. The van der Waals surface area contributed by atoms with Crippen molar-refractivity contribution in [3.8, 4) is 17.2 Å². The molecule has 1 unspecified atom stereocenters. The van der Waals surface area contributed by atoms with Gasteiger partial charge in [-0.15, -0.1) is 0 Å². The summed E-state index contributed by atoms with van der Waals surface area (Å²) in [6.07, 6.45) is -2.97. The van der Waals surface area contributed by atoms with Crippen molar-refractivity contribution in [1.82, 2.24) is 19.6 Å². The molecule has 39 heavy (non-hydrogen) atoms. The maximum absolute atomic E-state index is 14.5. The number of nitriles is 1. The van der Waals surface area contributed by atoms with E-state index in [1.807, 2.05) is 6.07 Å². The number of nitrogens with one attached hydrogen (secondary N) is 1. The zero-order valence-corrected chi connectivity index (χ0v) is 21.0. The van der Waals surface area contributed by atoms with Gasteiger partial charge in [0, 0.05) is 36.1 Å². The Bertz CT molecular complexity index is 1520. The van der Waals surface area contributed by atoms with Gasteiger partial charge in [0.15, 0.2) is 0 Å². The van der Waals surface area contributed by atoms with Gasteiger partial charge in [0.25, 0.3) is 0 Å². The number of hydrogen-bond acceptors (Lipinski definition) is 6. The molecule has 0 bridgehead atoms. The zero-order chi connectivity index (χ0) is 28.5. The highest BCUT2D eigenvalue weighted by atomic mass is 32.2. The van der Waals surface area contributed by atoms with E-state index in [1.54, 1.807) is 0 Å². The third-order valence-electron chi connectivity index (χ3n) is 6.36. The largest absolute Gasteiger partial charge is 0.451 e. The van der Waals surface area contributed by atoms with Crippen LogP contribution in [0.25, 0.3) is 11.1 Å². The van der Waals surface area contributed by atoms with Crippen LogP contribution in [0.5, 0.6) is 0 Å². The number of carbonyl (C=O) groups excluding carboxylic acids is 1.